The number of amides is 1. The third kappa shape index (κ3) is 2.72. The van der Waals surface area contributed by atoms with Crippen LogP contribution >= 0.6 is 0 Å². The highest BCUT2D eigenvalue weighted by molar-refractivity contribution is 5.93. The molecule has 2 rings (SSSR count). The van der Waals surface area contributed by atoms with Gasteiger partial charge in [0.25, 0.3) is 5.91 Å². The Bertz CT molecular complexity index is 461. The maximum absolute atomic E-state index is 12.0. The summed E-state index contributed by atoms with van der Waals surface area (Å²) in [6, 6.07) is 3.33. The Kier molecular flexibility index (Phi) is 3.41. The number of carbonyl (C=O) groups is 2. The topological polar surface area (TPSA) is 71.3 Å². The molecule has 0 atom stereocenters. The Morgan fingerprint density at radius 2 is 2.22 bits per heavy atom. The molecular formula is C13H18N2O3. The Balaban J connectivity index is 1.96. The fourth-order valence-corrected chi connectivity index (χ4v) is 2.09. The van der Waals surface area contributed by atoms with Crippen LogP contribution in [-0.2, 0) is 11.3 Å². The maximum atomic E-state index is 12.0. The minimum absolute atomic E-state index is 0.186. The van der Waals surface area contributed by atoms with Crippen LogP contribution in [0.4, 0.5) is 0 Å². The van der Waals surface area contributed by atoms with Gasteiger partial charge in [0, 0.05) is 12.7 Å². The highest BCUT2D eigenvalue weighted by atomic mass is 16.4. The molecule has 18 heavy (non-hydrogen) atoms. The number of carboxylic acids is 1. The van der Waals surface area contributed by atoms with Gasteiger partial charge in [-0.3, -0.25) is 9.59 Å². The summed E-state index contributed by atoms with van der Waals surface area (Å²) in [5.41, 5.74) is 0.698. The van der Waals surface area contributed by atoms with Crippen LogP contribution in [0.5, 0.6) is 0 Å². The number of nitrogens with zero attached hydrogens (tertiary/aromatic N) is 1. The van der Waals surface area contributed by atoms with Crippen LogP contribution in [0.15, 0.2) is 18.3 Å². The van der Waals surface area contributed by atoms with Gasteiger partial charge in [-0.25, -0.2) is 0 Å². The number of hydrogen-bond donors (Lipinski definition) is 2. The molecular weight excluding hydrogens is 232 g/mol. The highest BCUT2D eigenvalue weighted by Crippen LogP contribution is 2.47. The second kappa shape index (κ2) is 4.84. The SMILES string of the molecule is CCC1(CNC(=O)c2cccn2CC(=O)O)CC1. The lowest BCUT2D eigenvalue weighted by atomic mass is 10.0. The Morgan fingerprint density at radius 1 is 1.50 bits per heavy atom. The summed E-state index contributed by atoms with van der Waals surface area (Å²) < 4.78 is 1.45. The fourth-order valence-electron chi connectivity index (χ4n) is 2.09. The zero-order chi connectivity index (χ0) is 13.2. The Morgan fingerprint density at radius 3 is 2.78 bits per heavy atom. The zero-order valence-corrected chi connectivity index (χ0v) is 10.5. The van der Waals surface area contributed by atoms with Gasteiger partial charge >= 0.3 is 5.97 Å². The third-order valence-corrected chi connectivity index (χ3v) is 3.70. The van der Waals surface area contributed by atoms with Crippen LogP contribution in [0.3, 0.4) is 0 Å². The average molecular weight is 250 g/mol. The number of aliphatic carboxylic acids is 1. The molecule has 0 radical (unpaired) electrons. The summed E-state index contributed by atoms with van der Waals surface area (Å²) in [5, 5.41) is 11.6. The summed E-state index contributed by atoms with van der Waals surface area (Å²) in [5.74, 6) is -1.14. The Labute approximate surface area is 106 Å². The van der Waals surface area contributed by atoms with Crippen molar-refractivity contribution < 1.29 is 14.7 Å². The summed E-state index contributed by atoms with van der Waals surface area (Å²) >= 11 is 0. The Hall–Kier alpha value is -1.78. The van der Waals surface area contributed by atoms with E-state index < -0.39 is 5.97 Å². The van der Waals surface area contributed by atoms with Crippen LogP contribution in [0.1, 0.15) is 36.7 Å². The van der Waals surface area contributed by atoms with Gasteiger partial charge in [-0.15, -0.1) is 0 Å². The van der Waals surface area contributed by atoms with Gasteiger partial charge in [-0.05, 0) is 36.8 Å². The summed E-state index contributed by atoms with van der Waals surface area (Å²) in [4.78, 5) is 22.6. The van der Waals surface area contributed by atoms with E-state index in [0.717, 1.165) is 6.42 Å². The van der Waals surface area contributed by atoms with Crippen molar-refractivity contribution in [1.29, 1.82) is 0 Å². The van der Waals surface area contributed by atoms with E-state index in [4.69, 9.17) is 5.11 Å². The lowest BCUT2D eigenvalue weighted by molar-refractivity contribution is -0.137. The molecule has 0 bridgehead atoms. The van der Waals surface area contributed by atoms with Gasteiger partial charge in [-0.2, -0.15) is 0 Å². The molecule has 0 spiro atoms. The third-order valence-electron chi connectivity index (χ3n) is 3.70. The van der Waals surface area contributed by atoms with Crippen LogP contribution in [-0.4, -0.2) is 28.1 Å². The van der Waals surface area contributed by atoms with Crippen LogP contribution in [0.2, 0.25) is 0 Å². The second-order valence-corrected chi connectivity index (χ2v) is 4.95. The largest absolute Gasteiger partial charge is 0.480 e. The van der Waals surface area contributed by atoms with Crippen molar-refractivity contribution >= 4 is 11.9 Å². The van der Waals surface area contributed by atoms with Crippen LogP contribution in [0.25, 0.3) is 0 Å². The number of rotatable bonds is 6. The molecule has 1 aliphatic carbocycles. The average Bonchev–Trinajstić information content (AvgIpc) is 2.98. The van der Waals surface area contributed by atoms with E-state index in [0.29, 0.717) is 17.7 Å². The van der Waals surface area contributed by atoms with Gasteiger partial charge < -0.3 is 15.0 Å². The molecule has 5 heteroatoms. The van der Waals surface area contributed by atoms with E-state index in [9.17, 15) is 9.59 Å². The molecule has 1 aromatic rings. The van der Waals surface area contributed by atoms with Crippen molar-refractivity contribution in [3.05, 3.63) is 24.0 Å². The van der Waals surface area contributed by atoms with Crippen molar-refractivity contribution in [3.63, 3.8) is 0 Å². The van der Waals surface area contributed by atoms with Gasteiger partial charge in [0.05, 0.1) is 0 Å². The van der Waals surface area contributed by atoms with E-state index in [1.807, 2.05) is 0 Å². The highest BCUT2D eigenvalue weighted by Gasteiger charge is 2.40. The molecule has 0 aromatic carbocycles. The molecule has 98 valence electrons. The molecule has 1 aliphatic rings. The van der Waals surface area contributed by atoms with Crippen molar-refractivity contribution in [2.75, 3.05) is 6.54 Å². The molecule has 1 fully saturated rings. The van der Waals surface area contributed by atoms with Crippen molar-refractivity contribution in [2.24, 2.45) is 5.41 Å². The van der Waals surface area contributed by atoms with E-state index in [1.165, 1.54) is 17.4 Å². The van der Waals surface area contributed by atoms with E-state index in [-0.39, 0.29) is 12.5 Å². The first-order chi connectivity index (χ1) is 8.56. The molecule has 1 heterocycles. The first-order valence-corrected chi connectivity index (χ1v) is 6.21. The van der Waals surface area contributed by atoms with Gasteiger partial charge in [0.15, 0.2) is 0 Å². The second-order valence-electron chi connectivity index (χ2n) is 4.95. The molecule has 2 N–H and O–H groups in total. The fraction of sp³-hybridized carbons (Fsp3) is 0.538. The maximum Gasteiger partial charge on any atom is 0.323 e. The molecule has 0 unspecified atom stereocenters. The number of carbonyl (C=O) groups excluding carboxylic acids is 1. The quantitative estimate of drug-likeness (QED) is 0.803. The normalized spacial score (nSPS) is 16.3. The predicted molar refractivity (Wildman–Crippen MR) is 66.4 cm³/mol. The monoisotopic (exact) mass is 250 g/mol. The van der Waals surface area contributed by atoms with E-state index >= 15 is 0 Å². The smallest absolute Gasteiger partial charge is 0.323 e. The summed E-state index contributed by atoms with van der Waals surface area (Å²) in [6.45, 7) is 2.63. The molecule has 1 amide bonds. The van der Waals surface area contributed by atoms with Gasteiger partial charge in [-0.1, -0.05) is 6.92 Å². The minimum Gasteiger partial charge on any atom is -0.480 e. The molecule has 1 aromatic heterocycles. The standard InChI is InChI=1S/C13H18N2O3/c1-2-13(5-6-13)9-14-12(18)10-4-3-7-15(10)8-11(16)17/h3-4,7H,2,5-6,8-9H2,1H3,(H,14,18)(H,16,17). The zero-order valence-electron chi connectivity index (χ0n) is 10.5. The lowest BCUT2D eigenvalue weighted by Gasteiger charge is -2.14. The molecule has 0 saturated heterocycles. The van der Waals surface area contributed by atoms with E-state index in [2.05, 4.69) is 12.2 Å². The van der Waals surface area contributed by atoms with Crippen LogP contribution in [0, 0.1) is 5.41 Å². The minimum atomic E-state index is -0.951. The number of carboxylic acid groups (broad SMARTS) is 1. The lowest BCUT2D eigenvalue weighted by Crippen LogP contribution is -2.31. The van der Waals surface area contributed by atoms with E-state index in [1.54, 1.807) is 18.3 Å². The first kappa shape index (κ1) is 12.7. The van der Waals surface area contributed by atoms with Crippen molar-refractivity contribution in [2.45, 2.75) is 32.7 Å². The summed E-state index contributed by atoms with van der Waals surface area (Å²) in [6.07, 6.45) is 5.01. The predicted octanol–water partition coefficient (Wildman–Crippen LogP) is 1.49. The van der Waals surface area contributed by atoms with Crippen molar-refractivity contribution in [1.82, 2.24) is 9.88 Å². The summed E-state index contributed by atoms with van der Waals surface area (Å²) in [7, 11) is 0. The number of hydrogen-bond acceptors (Lipinski definition) is 2. The van der Waals surface area contributed by atoms with Gasteiger partial charge in [0.2, 0.25) is 0 Å². The first-order valence-electron chi connectivity index (χ1n) is 6.21. The molecule has 0 aliphatic heterocycles. The van der Waals surface area contributed by atoms with Crippen molar-refractivity contribution in [3.8, 4) is 0 Å². The van der Waals surface area contributed by atoms with Crippen LogP contribution < -0.4 is 5.32 Å². The number of nitrogens with one attached hydrogen (secondary N) is 1. The number of aromatic nitrogens is 1. The van der Waals surface area contributed by atoms with Gasteiger partial charge in [0.1, 0.15) is 12.2 Å². The molecule has 1 saturated carbocycles. The molecule has 5 nitrogen and oxygen atoms in total.